The van der Waals surface area contributed by atoms with Gasteiger partial charge in [0.15, 0.2) is 0 Å². The number of anilines is 1. The highest BCUT2D eigenvalue weighted by Gasteiger charge is 2.67. The maximum atomic E-state index is 13.9. The Balaban J connectivity index is 1.52. The van der Waals surface area contributed by atoms with E-state index >= 15 is 0 Å². The molecule has 202 valence electrons. The van der Waals surface area contributed by atoms with E-state index in [1.54, 1.807) is 16.9 Å². The van der Waals surface area contributed by atoms with Gasteiger partial charge in [-0.3, -0.25) is 9.59 Å². The number of aryl methyl sites for hydroxylation is 3. The zero-order valence-electron chi connectivity index (χ0n) is 22.9. The molecule has 0 spiro atoms. The van der Waals surface area contributed by atoms with E-state index in [-0.39, 0.29) is 24.4 Å². The van der Waals surface area contributed by atoms with Gasteiger partial charge in [-0.25, -0.2) is 9.97 Å². The molecule has 1 aromatic heterocycles. The van der Waals surface area contributed by atoms with E-state index in [2.05, 4.69) is 16.0 Å². The van der Waals surface area contributed by atoms with E-state index in [4.69, 9.17) is 9.47 Å². The average molecular weight is 535 g/mol. The lowest BCUT2D eigenvalue weighted by molar-refractivity contribution is -0.178. The topological polar surface area (TPSA) is 84.9 Å². The van der Waals surface area contributed by atoms with Crippen molar-refractivity contribution in [1.82, 2.24) is 14.9 Å². The van der Waals surface area contributed by atoms with Gasteiger partial charge in [-0.2, -0.15) is 0 Å². The van der Waals surface area contributed by atoms with Gasteiger partial charge in [0.2, 0.25) is 12.0 Å². The van der Waals surface area contributed by atoms with E-state index in [1.165, 1.54) is 0 Å². The van der Waals surface area contributed by atoms with Crippen molar-refractivity contribution in [2.24, 2.45) is 0 Å². The van der Waals surface area contributed by atoms with Crippen molar-refractivity contribution in [3.63, 3.8) is 0 Å². The van der Waals surface area contributed by atoms with Crippen LogP contribution in [0.1, 0.15) is 33.6 Å². The fourth-order valence-corrected chi connectivity index (χ4v) is 5.86. The summed E-state index contributed by atoms with van der Waals surface area (Å²) in [6, 6.07) is 25.4. The molecule has 8 heteroatoms. The van der Waals surface area contributed by atoms with Crippen LogP contribution in [0.25, 0.3) is 0 Å². The van der Waals surface area contributed by atoms with Crippen LogP contribution in [0.3, 0.4) is 0 Å². The normalized spacial score (nSPS) is 19.9. The van der Waals surface area contributed by atoms with Crippen LogP contribution in [0.4, 0.5) is 5.69 Å². The van der Waals surface area contributed by atoms with Gasteiger partial charge in [-0.05, 0) is 56.2 Å². The first-order valence-corrected chi connectivity index (χ1v) is 13.2. The van der Waals surface area contributed by atoms with E-state index in [9.17, 15) is 9.59 Å². The molecule has 2 atom stereocenters. The number of carbonyl (C=O) groups excluding carboxylic acids is 2. The van der Waals surface area contributed by atoms with Gasteiger partial charge in [-0.15, -0.1) is 0 Å². The second-order valence-electron chi connectivity index (χ2n) is 10.3. The monoisotopic (exact) mass is 534 g/mol. The summed E-state index contributed by atoms with van der Waals surface area (Å²) in [6.07, 6.45) is -0.953. The summed E-state index contributed by atoms with van der Waals surface area (Å²) >= 11 is 0. The van der Waals surface area contributed by atoms with Gasteiger partial charge in [0.1, 0.15) is 17.8 Å². The van der Waals surface area contributed by atoms with Crippen LogP contribution < -0.4 is 14.4 Å². The molecule has 3 aromatic carbocycles. The first-order valence-electron chi connectivity index (χ1n) is 13.2. The minimum absolute atomic E-state index is 0.0921. The SMILES string of the molecule is COc1ccc(CN2C(=O)CN3C(=O)C(Oc4nc(C)cc(C)n4)C3(c3cccc(C)c3)c3ccccc32)cc1. The van der Waals surface area contributed by atoms with Crippen molar-refractivity contribution >= 4 is 17.5 Å². The van der Waals surface area contributed by atoms with Gasteiger partial charge in [-0.1, -0.05) is 60.2 Å². The minimum atomic E-state index is -1.05. The summed E-state index contributed by atoms with van der Waals surface area (Å²) in [5.41, 5.74) is 4.84. The Hall–Kier alpha value is -4.72. The number of para-hydroxylation sites is 1. The van der Waals surface area contributed by atoms with Crippen LogP contribution in [-0.4, -0.2) is 46.4 Å². The number of methoxy groups -OCH3 is 1. The number of β-lactam (4-membered cyclic amide) rings is 1. The number of rotatable bonds is 6. The van der Waals surface area contributed by atoms with E-state index in [0.717, 1.165) is 45.1 Å². The highest BCUT2D eigenvalue weighted by molar-refractivity contribution is 6.04. The number of carbonyl (C=O) groups is 2. The van der Waals surface area contributed by atoms with Crippen molar-refractivity contribution in [3.8, 4) is 11.8 Å². The summed E-state index contributed by atoms with van der Waals surface area (Å²) in [4.78, 5) is 40.0. The molecule has 1 saturated heterocycles. The largest absolute Gasteiger partial charge is 0.497 e. The molecule has 40 heavy (non-hydrogen) atoms. The number of amides is 2. The maximum absolute atomic E-state index is 13.9. The molecule has 0 aliphatic carbocycles. The fraction of sp³-hybridized carbons (Fsp3) is 0.250. The molecule has 0 bridgehead atoms. The highest BCUT2D eigenvalue weighted by atomic mass is 16.5. The second kappa shape index (κ2) is 9.79. The fourth-order valence-electron chi connectivity index (χ4n) is 5.86. The lowest BCUT2D eigenvalue weighted by Crippen LogP contribution is -2.74. The lowest BCUT2D eigenvalue weighted by Gasteiger charge is -2.55. The average Bonchev–Trinajstić information content (AvgIpc) is 3.03. The Morgan fingerprint density at radius 2 is 1.62 bits per heavy atom. The Kier molecular flexibility index (Phi) is 6.25. The van der Waals surface area contributed by atoms with Crippen molar-refractivity contribution in [1.29, 1.82) is 0 Å². The number of hydrogen-bond acceptors (Lipinski definition) is 6. The molecule has 4 aromatic rings. The summed E-state index contributed by atoms with van der Waals surface area (Å²) in [5.74, 6) is 0.291. The summed E-state index contributed by atoms with van der Waals surface area (Å²) in [5, 5.41) is 0. The van der Waals surface area contributed by atoms with Crippen LogP contribution in [-0.2, 0) is 21.7 Å². The molecule has 2 aliphatic rings. The van der Waals surface area contributed by atoms with E-state index in [0.29, 0.717) is 6.54 Å². The molecule has 6 rings (SSSR count). The molecule has 1 fully saturated rings. The predicted molar refractivity (Wildman–Crippen MR) is 150 cm³/mol. The number of benzene rings is 3. The Morgan fingerprint density at radius 1 is 0.900 bits per heavy atom. The van der Waals surface area contributed by atoms with Gasteiger partial charge >= 0.3 is 6.01 Å². The Bertz CT molecular complexity index is 1600. The molecule has 3 heterocycles. The second-order valence-corrected chi connectivity index (χ2v) is 10.3. The van der Waals surface area contributed by atoms with Gasteiger partial charge < -0.3 is 19.3 Å². The first-order chi connectivity index (χ1) is 19.3. The molecule has 2 aliphatic heterocycles. The Morgan fingerprint density at radius 3 is 2.33 bits per heavy atom. The zero-order valence-corrected chi connectivity index (χ0v) is 22.9. The van der Waals surface area contributed by atoms with E-state index < -0.39 is 11.6 Å². The summed E-state index contributed by atoms with van der Waals surface area (Å²) < 4.78 is 11.7. The van der Waals surface area contributed by atoms with Gasteiger partial charge in [0, 0.05) is 17.0 Å². The van der Waals surface area contributed by atoms with Crippen LogP contribution in [0.2, 0.25) is 0 Å². The van der Waals surface area contributed by atoms with Crippen LogP contribution in [0.15, 0.2) is 78.9 Å². The van der Waals surface area contributed by atoms with Crippen molar-refractivity contribution in [2.45, 2.75) is 39.0 Å². The van der Waals surface area contributed by atoms with Crippen LogP contribution >= 0.6 is 0 Å². The third-order valence-corrected chi connectivity index (χ3v) is 7.64. The number of aromatic nitrogens is 2. The van der Waals surface area contributed by atoms with Crippen molar-refractivity contribution < 1.29 is 19.1 Å². The third-order valence-electron chi connectivity index (χ3n) is 7.64. The molecule has 0 radical (unpaired) electrons. The van der Waals surface area contributed by atoms with Gasteiger partial charge in [0.05, 0.1) is 19.3 Å². The standard InChI is InChI=1S/C32H30N4O4/c1-20-8-7-9-24(16-20)32-26-10-5-6-11-27(26)35(18-23-12-14-25(39-4)15-13-23)28(37)19-36(32)30(38)29(32)40-31-33-21(2)17-22(3)34-31/h5-17,29H,18-19H2,1-4H3. The molecule has 2 unspecified atom stereocenters. The number of hydrogen-bond donors (Lipinski definition) is 0. The summed E-state index contributed by atoms with van der Waals surface area (Å²) in [7, 11) is 1.62. The maximum Gasteiger partial charge on any atom is 0.317 e. The molecular formula is C32H30N4O4. The smallest absolute Gasteiger partial charge is 0.317 e. The Labute approximate surface area is 233 Å². The number of fused-ring (bicyclic) bond motifs is 3. The van der Waals surface area contributed by atoms with E-state index in [1.807, 2.05) is 93.6 Å². The quantitative estimate of drug-likeness (QED) is 0.339. The third kappa shape index (κ3) is 4.07. The summed E-state index contributed by atoms with van der Waals surface area (Å²) in [6.45, 7) is 5.99. The number of nitrogens with zero attached hydrogens (tertiary/aromatic N) is 4. The van der Waals surface area contributed by atoms with Crippen molar-refractivity contribution in [2.75, 3.05) is 18.6 Å². The van der Waals surface area contributed by atoms with Crippen LogP contribution in [0, 0.1) is 20.8 Å². The first kappa shape index (κ1) is 25.6. The molecule has 8 nitrogen and oxygen atoms in total. The zero-order chi connectivity index (χ0) is 28.0. The lowest BCUT2D eigenvalue weighted by atomic mass is 9.69. The predicted octanol–water partition coefficient (Wildman–Crippen LogP) is 4.49. The minimum Gasteiger partial charge on any atom is -0.497 e. The molecular weight excluding hydrogens is 504 g/mol. The molecule has 0 N–H and O–H groups in total. The number of ether oxygens (including phenoxy) is 2. The molecule has 0 saturated carbocycles. The van der Waals surface area contributed by atoms with Gasteiger partial charge in [0.25, 0.3) is 5.91 Å². The van der Waals surface area contributed by atoms with Crippen LogP contribution in [0.5, 0.6) is 11.8 Å². The van der Waals surface area contributed by atoms with Crippen molar-refractivity contribution in [3.05, 3.63) is 113 Å². The highest BCUT2D eigenvalue weighted by Crippen LogP contribution is 2.53. The molecule has 2 amide bonds.